The number of carbonyl (C=O) groups is 2. The lowest BCUT2D eigenvalue weighted by atomic mass is 10.0. The van der Waals surface area contributed by atoms with Crippen molar-refractivity contribution in [1.82, 2.24) is 0 Å². The van der Waals surface area contributed by atoms with Crippen molar-refractivity contribution in [3.63, 3.8) is 0 Å². The van der Waals surface area contributed by atoms with Crippen LogP contribution in [0.2, 0.25) is 0 Å². The number of carboxylic acid groups (broad SMARTS) is 1. The fraction of sp³-hybridized carbons (Fsp3) is 0.176. The molecule has 2 aromatic rings. The average Bonchev–Trinajstić information content (AvgIpc) is 2.47. The molecule has 21 heavy (non-hydrogen) atoms. The van der Waals surface area contributed by atoms with Crippen molar-refractivity contribution >= 4 is 17.4 Å². The molecule has 2 aromatic carbocycles. The van der Waals surface area contributed by atoms with Crippen LogP contribution in [-0.2, 0) is 4.79 Å². The molecule has 0 heterocycles. The van der Waals surface area contributed by atoms with E-state index in [-0.39, 0.29) is 5.78 Å². The third kappa shape index (κ3) is 3.48. The van der Waals surface area contributed by atoms with E-state index in [1.165, 1.54) is 6.92 Å². The third-order valence-corrected chi connectivity index (χ3v) is 3.23. The van der Waals surface area contributed by atoms with Crippen molar-refractivity contribution in [3.8, 4) is 0 Å². The van der Waals surface area contributed by atoms with Crippen LogP contribution < -0.4 is 5.32 Å². The molecular weight excluding hydrogens is 266 g/mol. The lowest BCUT2D eigenvalue weighted by Gasteiger charge is -2.14. The zero-order valence-corrected chi connectivity index (χ0v) is 12.0. The van der Waals surface area contributed by atoms with Crippen LogP contribution in [0.3, 0.4) is 0 Å². The first-order valence-electron chi connectivity index (χ1n) is 6.69. The average molecular weight is 283 g/mol. The van der Waals surface area contributed by atoms with Gasteiger partial charge in [0.25, 0.3) is 0 Å². The molecule has 1 unspecified atom stereocenters. The van der Waals surface area contributed by atoms with Gasteiger partial charge in [0.1, 0.15) is 6.04 Å². The molecule has 1 atom stereocenters. The molecule has 0 aliphatic rings. The maximum absolute atomic E-state index is 12.5. The molecule has 0 fully saturated rings. The summed E-state index contributed by atoms with van der Waals surface area (Å²) < 4.78 is 0. The molecule has 2 N–H and O–H groups in total. The van der Waals surface area contributed by atoms with Gasteiger partial charge in [-0.3, -0.25) is 9.59 Å². The number of aryl methyl sites for hydroxylation is 1. The number of carboxylic acids is 1. The first-order chi connectivity index (χ1) is 9.99. The van der Waals surface area contributed by atoms with Crippen LogP contribution in [0.25, 0.3) is 0 Å². The highest BCUT2D eigenvalue weighted by atomic mass is 16.4. The fourth-order valence-corrected chi connectivity index (χ4v) is 1.96. The Morgan fingerprint density at radius 2 is 1.67 bits per heavy atom. The van der Waals surface area contributed by atoms with Crippen molar-refractivity contribution < 1.29 is 14.7 Å². The Balaban J connectivity index is 2.33. The Labute approximate surface area is 123 Å². The molecule has 0 bridgehead atoms. The number of carbonyl (C=O) groups excluding carboxylic acids is 1. The van der Waals surface area contributed by atoms with Gasteiger partial charge in [-0.15, -0.1) is 0 Å². The zero-order chi connectivity index (χ0) is 15.4. The van der Waals surface area contributed by atoms with E-state index in [0.29, 0.717) is 16.8 Å². The summed E-state index contributed by atoms with van der Waals surface area (Å²) in [6.45, 7) is 3.49. The molecule has 0 aromatic heterocycles. The first kappa shape index (κ1) is 14.8. The molecule has 0 aliphatic carbocycles. The lowest BCUT2D eigenvalue weighted by molar-refractivity contribution is -0.137. The Morgan fingerprint density at radius 1 is 1.05 bits per heavy atom. The van der Waals surface area contributed by atoms with Gasteiger partial charge in [-0.2, -0.15) is 0 Å². The largest absolute Gasteiger partial charge is 0.480 e. The molecule has 0 spiro atoms. The summed E-state index contributed by atoms with van der Waals surface area (Å²) >= 11 is 0. The van der Waals surface area contributed by atoms with E-state index in [1.54, 1.807) is 36.4 Å². The Kier molecular flexibility index (Phi) is 4.38. The minimum atomic E-state index is -0.965. The van der Waals surface area contributed by atoms with E-state index in [1.807, 2.05) is 19.1 Å². The maximum atomic E-state index is 12.5. The van der Waals surface area contributed by atoms with Crippen molar-refractivity contribution in [3.05, 3.63) is 65.2 Å². The number of hydrogen-bond donors (Lipinski definition) is 2. The fourth-order valence-electron chi connectivity index (χ4n) is 1.96. The smallest absolute Gasteiger partial charge is 0.325 e. The second-order valence-corrected chi connectivity index (χ2v) is 4.94. The Morgan fingerprint density at radius 3 is 2.29 bits per heavy atom. The number of ketones is 1. The number of hydrogen-bond acceptors (Lipinski definition) is 3. The number of para-hydroxylation sites is 1. The molecular formula is C17H17NO3. The van der Waals surface area contributed by atoms with E-state index < -0.39 is 12.0 Å². The van der Waals surface area contributed by atoms with Crippen molar-refractivity contribution in [2.24, 2.45) is 0 Å². The van der Waals surface area contributed by atoms with E-state index in [4.69, 9.17) is 5.11 Å². The topological polar surface area (TPSA) is 66.4 Å². The predicted octanol–water partition coefficient (Wildman–Crippen LogP) is 3.11. The zero-order valence-electron chi connectivity index (χ0n) is 12.0. The van der Waals surface area contributed by atoms with E-state index in [0.717, 1.165) is 5.56 Å². The highest BCUT2D eigenvalue weighted by molar-refractivity contribution is 6.12. The van der Waals surface area contributed by atoms with Crippen LogP contribution in [0, 0.1) is 6.92 Å². The Hall–Kier alpha value is -2.62. The van der Waals surface area contributed by atoms with Crippen LogP contribution in [0.1, 0.15) is 28.4 Å². The summed E-state index contributed by atoms with van der Waals surface area (Å²) in [6.07, 6.45) is 0. The number of rotatable bonds is 5. The molecule has 4 nitrogen and oxygen atoms in total. The van der Waals surface area contributed by atoms with Gasteiger partial charge in [0.05, 0.1) is 0 Å². The van der Waals surface area contributed by atoms with Crippen molar-refractivity contribution in [2.45, 2.75) is 19.9 Å². The van der Waals surface area contributed by atoms with Gasteiger partial charge in [0, 0.05) is 16.8 Å². The number of anilines is 1. The molecule has 4 heteroatoms. The minimum Gasteiger partial charge on any atom is -0.480 e. The molecule has 0 saturated carbocycles. The normalized spacial score (nSPS) is 11.7. The maximum Gasteiger partial charge on any atom is 0.325 e. The Bertz CT molecular complexity index is 662. The minimum absolute atomic E-state index is 0.129. The van der Waals surface area contributed by atoms with Crippen LogP contribution in [0.15, 0.2) is 48.5 Å². The number of aliphatic carboxylic acids is 1. The molecule has 0 radical (unpaired) electrons. The summed E-state index contributed by atoms with van der Waals surface area (Å²) in [5, 5.41) is 11.8. The molecule has 0 saturated heterocycles. The summed E-state index contributed by atoms with van der Waals surface area (Å²) in [5.74, 6) is -1.09. The standard InChI is InChI=1S/C17H17NO3/c1-11-7-9-13(10-8-11)16(19)14-5-3-4-6-15(14)18-12(2)17(20)21/h3-10,12,18H,1-2H3,(H,20,21). The van der Waals surface area contributed by atoms with Crippen LogP contribution in [0.5, 0.6) is 0 Å². The quantitative estimate of drug-likeness (QED) is 0.827. The molecule has 0 aliphatic heterocycles. The summed E-state index contributed by atoms with van der Waals surface area (Å²) in [6, 6.07) is 13.5. The van der Waals surface area contributed by atoms with E-state index >= 15 is 0 Å². The summed E-state index contributed by atoms with van der Waals surface area (Å²) in [7, 11) is 0. The van der Waals surface area contributed by atoms with Crippen LogP contribution in [0.4, 0.5) is 5.69 Å². The summed E-state index contributed by atoms with van der Waals surface area (Å²) in [5.41, 5.74) is 2.66. The van der Waals surface area contributed by atoms with Crippen molar-refractivity contribution in [2.75, 3.05) is 5.32 Å². The van der Waals surface area contributed by atoms with E-state index in [2.05, 4.69) is 5.32 Å². The summed E-state index contributed by atoms with van der Waals surface area (Å²) in [4.78, 5) is 23.5. The number of benzene rings is 2. The lowest BCUT2D eigenvalue weighted by Crippen LogP contribution is -2.26. The van der Waals surface area contributed by atoms with Crippen LogP contribution in [-0.4, -0.2) is 22.9 Å². The number of nitrogens with one attached hydrogen (secondary N) is 1. The van der Waals surface area contributed by atoms with Gasteiger partial charge in [-0.1, -0.05) is 42.0 Å². The predicted molar refractivity (Wildman–Crippen MR) is 81.8 cm³/mol. The monoisotopic (exact) mass is 283 g/mol. The SMILES string of the molecule is Cc1ccc(C(=O)c2ccccc2NC(C)C(=O)O)cc1. The molecule has 0 amide bonds. The highest BCUT2D eigenvalue weighted by Crippen LogP contribution is 2.20. The van der Waals surface area contributed by atoms with Gasteiger partial charge in [0.15, 0.2) is 5.78 Å². The first-order valence-corrected chi connectivity index (χ1v) is 6.69. The van der Waals surface area contributed by atoms with Crippen molar-refractivity contribution in [1.29, 1.82) is 0 Å². The van der Waals surface area contributed by atoms with Gasteiger partial charge in [-0.05, 0) is 26.0 Å². The van der Waals surface area contributed by atoms with Gasteiger partial charge < -0.3 is 10.4 Å². The van der Waals surface area contributed by atoms with Crippen LogP contribution >= 0.6 is 0 Å². The van der Waals surface area contributed by atoms with Gasteiger partial charge in [-0.25, -0.2) is 0 Å². The third-order valence-electron chi connectivity index (χ3n) is 3.23. The second kappa shape index (κ2) is 6.22. The van der Waals surface area contributed by atoms with Gasteiger partial charge in [0.2, 0.25) is 0 Å². The van der Waals surface area contributed by atoms with E-state index in [9.17, 15) is 9.59 Å². The second-order valence-electron chi connectivity index (χ2n) is 4.94. The molecule has 2 rings (SSSR count). The highest BCUT2D eigenvalue weighted by Gasteiger charge is 2.16. The van der Waals surface area contributed by atoms with Gasteiger partial charge >= 0.3 is 5.97 Å². The molecule has 108 valence electrons.